The van der Waals surface area contributed by atoms with Crippen LogP contribution in [0.5, 0.6) is 0 Å². The SMILES string of the molecule is N#Cc1cccc(C(O)C2CCSCC2)c1. The summed E-state index contributed by atoms with van der Waals surface area (Å²) in [5.74, 6) is 2.63. The smallest absolute Gasteiger partial charge is 0.0991 e. The highest BCUT2D eigenvalue weighted by Gasteiger charge is 2.23. The van der Waals surface area contributed by atoms with E-state index in [9.17, 15) is 5.11 Å². The summed E-state index contributed by atoms with van der Waals surface area (Å²) in [7, 11) is 0. The van der Waals surface area contributed by atoms with Crippen LogP contribution in [0.25, 0.3) is 0 Å². The molecule has 1 aliphatic heterocycles. The summed E-state index contributed by atoms with van der Waals surface area (Å²) < 4.78 is 0. The number of aliphatic hydroxyl groups is 1. The molecule has 3 heteroatoms. The first-order chi connectivity index (χ1) is 7.81. The zero-order valence-electron chi connectivity index (χ0n) is 9.10. The fourth-order valence-electron chi connectivity index (χ4n) is 2.10. The van der Waals surface area contributed by atoms with E-state index in [2.05, 4.69) is 6.07 Å². The van der Waals surface area contributed by atoms with Gasteiger partial charge in [-0.15, -0.1) is 0 Å². The lowest BCUT2D eigenvalue weighted by atomic mass is 9.90. The molecule has 2 rings (SSSR count). The standard InChI is InChI=1S/C13H15NOS/c14-9-10-2-1-3-12(8-10)13(15)11-4-6-16-7-5-11/h1-3,8,11,13,15H,4-7H2. The molecule has 0 bridgehead atoms. The van der Waals surface area contributed by atoms with Gasteiger partial charge in [0.2, 0.25) is 0 Å². The second-order valence-electron chi connectivity index (χ2n) is 4.13. The zero-order chi connectivity index (χ0) is 11.4. The summed E-state index contributed by atoms with van der Waals surface area (Å²) in [6.45, 7) is 0. The molecule has 1 aromatic carbocycles. The Morgan fingerprint density at radius 2 is 2.12 bits per heavy atom. The molecule has 0 aromatic heterocycles. The molecule has 1 saturated heterocycles. The first-order valence-electron chi connectivity index (χ1n) is 5.57. The molecule has 0 spiro atoms. The highest BCUT2D eigenvalue weighted by atomic mass is 32.2. The van der Waals surface area contributed by atoms with Gasteiger partial charge in [-0.25, -0.2) is 0 Å². The van der Waals surface area contributed by atoms with Crippen LogP contribution in [-0.4, -0.2) is 16.6 Å². The highest BCUT2D eigenvalue weighted by molar-refractivity contribution is 7.99. The van der Waals surface area contributed by atoms with Crippen LogP contribution in [-0.2, 0) is 0 Å². The molecular formula is C13H15NOS. The van der Waals surface area contributed by atoms with Crippen molar-refractivity contribution in [1.29, 1.82) is 5.26 Å². The third kappa shape index (κ3) is 2.58. The Bertz CT molecular complexity index is 393. The van der Waals surface area contributed by atoms with Gasteiger partial charge >= 0.3 is 0 Å². The second-order valence-corrected chi connectivity index (χ2v) is 5.36. The molecule has 1 N–H and O–H groups in total. The maximum absolute atomic E-state index is 10.2. The predicted molar refractivity (Wildman–Crippen MR) is 66.2 cm³/mol. The fourth-order valence-corrected chi connectivity index (χ4v) is 3.24. The Balaban J connectivity index is 2.13. The van der Waals surface area contributed by atoms with Crippen LogP contribution >= 0.6 is 11.8 Å². The summed E-state index contributed by atoms with van der Waals surface area (Å²) in [6.07, 6.45) is 1.74. The number of hydrogen-bond acceptors (Lipinski definition) is 3. The van der Waals surface area contributed by atoms with Gasteiger partial charge in [0.1, 0.15) is 0 Å². The lowest BCUT2D eigenvalue weighted by molar-refractivity contribution is 0.103. The predicted octanol–water partition coefficient (Wildman–Crippen LogP) is 2.73. The molecule has 0 aliphatic carbocycles. The van der Waals surface area contributed by atoms with Crippen LogP contribution in [0.3, 0.4) is 0 Å². The second kappa shape index (κ2) is 5.38. The van der Waals surface area contributed by atoms with Crippen LogP contribution in [0.2, 0.25) is 0 Å². The quantitative estimate of drug-likeness (QED) is 0.854. The van der Waals surface area contributed by atoms with Crippen LogP contribution in [0.1, 0.15) is 30.1 Å². The lowest BCUT2D eigenvalue weighted by Gasteiger charge is -2.26. The lowest BCUT2D eigenvalue weighted by Crippen LogP contribution is -2.18. The molecule has 1 aromatic rings. The fraction of sp³-hybridized carbons (Fsp3) is 0.462. The molecule has 1 atom stereocenters. The van der Waals surface area contributed by atoms with Gasteiger partial charge in [0.25, 0.3) is 0 Å². The van der Waals surface area contributed by atoms with Crippen molar-refractivity contribution < 1.29 is 5.11 Å². The van der Waals surface area contributed by atoms with Crippen molar-refractivity contribution in [2.45, 2.75) is 18.9 Å². The molecule has 0 amide bonds. The number of rotatable bonds is 2. The minimum absolute atomic E-state index is 0.357. The van der Waals surface area contributed by atoms with Crippen molar-refractivity contribution in [1.82, 2.24) is 0 Å². The van der Waals surface area contributed by atoms with E-state index in [0.717, 1.165) is 29.9 Å². The maximum atomic E-state index is 10.2. The van der Waals surface area contributed by atoms with Gasteiger partial charge in [-0.1, -0.05) is 12.1 Å². The van der Waals surface area contributed by atoms with Crippen molar-refractivity contribution in [3.05, 3.63) is 35.4 Å². The van der Waals surface area contributed by atoms with Gasteiger partial charge in [-0.3, -0.25) is 0 Å². The third-order valence-electron chi connectivity index (χ3n) is 3.07. The monoisotopic (exact) mass is 233 g/mol. The first kappa shape index (κ1) is 11.5. The van der Waals surface area contributed by atoms with Crippen molar-refractivity contribution in [2.75, 3.05) is 11.5 Å². The highest BCUT2D eigenvalue weighted by Crippen LogP contribution is 2.33. The van der Waals surface area contributed by atoms with Crippen molar-refractivity contribution >= 4 is 11.8 Å². The molecule has 84 valence electrons. The van der Waals surface area contributed by atoms with Crippen LogP contribution in [0.4, 0.5) is 0 Å². The number of hydrogen-bond donors (Lipinski definition) is 1. The van der Waals surface area contributed by atoms with E-state index in [-0.39, 0.29) is 0 Å². The summed E-state index contributed by atoms with van der Waals surface area (Å²) in [5.41, 5.74) is 1.51. The van der Waals surface area contributed by atoms with E-state index >= 15 is 0 Å². The Hall–Kier alpha value is -0.980. The zero-order valence-corrected chi connectivity index (χ0v) is 9.91. The average molecular weight is 233 g/mol. The number of nitriles is 1. The molecule has 0 saturated carbocycles. The minimum atomic E-state index is -0.408. The van der Waals surface area contributed by atoms with E-state index in [0.29, 0.717) is 11.5 Å². The Morgan fingerprint density at radius 3 is 2.81 bits per heavy atom. The Labute approximate surface area is 100 Å². The summed E-state index contributed by atoms with van der Waals surface area (Å²) in [5, 5.41) is 19.1. The van der Waals surface area contributed by atoms with Gasteiger partial charge in [-0.05, 0) is 48.0 Å². The molecule has 0 radical (unpaired) electrons. The van der Waals surface area contributed by atoms with E-state index in [4.69, 9.17) is 5.26 Å². The Kier molecular flexibility index (Phi) is 3.87. The summed E-state index contributed by atoms with van der Waals surface area (Å²) >= 11 is 1.96. The maximum Gasteiger partial charge on any atom is 0.0991 e. The molecule has 2 nitrogen and oxygen atoms in total. The third-order valence-corrected chi connectivity index (χ3v) is 4.12. The minimum Gasteiger partial charge on any atom is -0.388 e. The number of nitrogens with zero attached hydrogens (tertiary/aromatic N) is 1. The summed E-state index contributed by atoms with van der Waals surface area (Å²) in [4.78, 5) is 0. The molecule has 1 heterocycles. The van der Waals surface area contributed by atoms with Crippen LogP contribution in [0, 0.1) is 17.2 Å². The summed E-state index contributed by atoms with van der Waals surface area (Å²) in [6, 6.07) is 9.43. The van der Waals surface area contributed by atoms with Crippen LogP contribution < -0.4 is 0 Å². The number of aliphatic hydroxyl groups excluding tert-OH is 1. The van der Waals surface area contributed by atoms with Crippen LogP contribution in [0.15, 0.2) is 24.3 Å². The average Bonchev–Trinajstić information content (AvgIpc) is 2.39. The van der Waals surface area contributed by atoms with Gasteiger partial charge in [0, 0.05) is 0 Å². The largest absolute Gasteiger partial charge is 0.388 e. The molecule has 1 aliphatic rings. The topological polar surface area (TPSA) is 44.0 Å². The van der Waals surface area contributed by atoms with E-state index in [1.165, 1.54) is 0 Å². The van der Waals surface area contributed by atoms with Crippen molar-refractivity contribution in [2.24, 2.45) is 5.92 Å². The van der Waals surface area contributed by atoms with Gasteiger partial charge in [0.05, 0.1) is 17.7 Å². The Morgan fingerprint density at radius 1 is 1.38 bits per heavy atom. The van der Waals surface area contributed by atoms with Gasteiger partial charge in [0.15, 0.2) is 0 Å². The molecule has 1 unspecified atom stereocenters. The van der Waals surface area contributed by atoms with E-state index in [1.54, 1.807) is 12.1 Å². The van der Waals surface area contributed by atoms with Gasteiger partial charge in [-0.2, -0.15) is 17.0 Å². The number of benzene rings is 1. The van der Waals surface area contributed by atoms with E-state index in [1.807, 2.05) is 23.9 Å². The normalized spacial score (nSPS) is 19.0. The van der Waals surface area contributed by atoms with Gasteiger partial charge < -0.3 is 5.11 Å². The van der Waals surface area contributed by atoms with Crippen molar-refractivity contribution in [3.8, 4) is 6.07 Å². The molecular weight excluding hydrogens is 218 g/mol. The molecule has 1 fully saturated rings. The van der Waals surface area contributed by atoms with Crippen molar-refractivity contribution in [3.63, 3.8) is 0 Å². The number of thioether (sulfide) groups is 1. The van der Waals surface area contributed by atoms with E-state index < -0.39 is 6.10 Å². The molecule has 16 heavy (non-hydrogen) atoms. The first-order valence-corrected chi connectivity index (χ1v) is 6.72.